The van der Waals surface area contributed by atoms with Crippen molar-refractivity contribution in [3.63, 3.8) is 0 Å². The molecule has 0 unspecified atom stereocenters. The van der Waals surface area contributed by atoms with Gasteiger partial charge in [0.2, 0.25) is 0 Å². The lowest BCUT2D eigenvalue weighted by Crippen LogP contribution is -2.15. The van der Waals surface area contributed by atoms with Gasteiger partial charge >= 0.3 is 0 Å². The van der Waals surface area contributed by atoms with Gasteiger partial charge in [0, 0.05) is 19.4 Å². The zero-order valence-electron chi connectivity index (χ0n) is 11.6. The lowest BCUT2D eigenvalue weighted by molar-refractivity contribution is 0.775. The lowest BCUT2D eigenvalue weighted by atomic mass is 10.0. The fourth-order valence-electron chi connectivity index (χ4n) is 2.63. The average molecular weight is 256 g/mol. The molecule has 4 heteroatoms. The third-order valence-corrected chi connectivity index (χ3v) is 3.63. The van der Waals surface area contributed by atoms with Gasteiger partial charge in [0.05, 0.1) is 11.4 Å². The molecule has 0 fully saturated rings. The third kappa shape index (κ3) is 2.11. The number of para-hydroxylation sites is 1. The Balaban J connectivity index is 2.13. The Morgan fingerprint density at radius 2 is 2.16 bits per heavy atom. The highest BCUT2D eigenvalue weighted by Gasteiger charge is 2.17. The summed E-state index contributed by atoms with van der Waals surface area (Å²) in [4.78, 5) is 4.60. The van der Waals surface area contributed by atoms with E-state index in [2.05, 4.69) is 47.4 Å². The monoisotopic (exact) mass is 256 g/mol. The highest BCUT2D eigenvalue weighted by atomic mass is 15.4. The number of benzene rings is 1. The molecule has 1 N–H and O–H groups in total. The van der Waals surface area contributed by atoms with Gasteiger partial charge in [-0.25, -0.2) is 9.67 Å². The van der Waals surface area contributed by atoms with E-state index in [9.17, 15) is 0 Å². The van der Waals surface area contributed by atoms with Gasteiger partial charge in [-0.1, -0.05) is 26.0 Å². The number of nitrogens with one attached hydrogen (secondary N) is 1. The highest BCUT2D eigenvalue weighted by molar-refractivity contribution is 5.67. The molecule has 0 spiro atoms. The van der Waals surface area contributed by atoms with Crippen molar-refractivity contribution in [2.75, 3.05) is 11.9 Å². The number of aryl methyl sites for hydroxylation is 3. The summed E-state index contributed by atoms with van der Waals surface area (Å²) in [5.41, 5.74) is 3.76. The Labute approximate surface area is 113 Å². The molecule has 100 valence electrons. The Morgan fingerprint density at radius 1 is 1.26 bits per heavy atom. The summed E-state index contributed by atoms with van der Waals surface area (Å²) in [5.74, 6) is 1.96. The average Bonchev–Trinajstić information content (AvgIpc) is 2.90. The van der Waals surface area contributed by atoms with E-state index in [1.165, 1.54) is 17.7 Å². The van der Waals surface area contributed by atoms with E-state index < -0.39 is 0 Å². The second-order valence-electron chi connectivity index (χ2n) is 4.90. The molecule has 4 nitrogen and oxygen atoms in total. The van der Waals surface area contributed by atoms with E-state index in [4.69, 9.17) is 0 Å². The van der Waals surface area contributed by atoms with Gasteiger partial charge in [-0.2, -0.15) is 5.10 Å². The van der Waals surface area contributed by atoms with Crippen LogP contribution in [0.5, 0.6) is 0 Å². The first-order valence-corrected chi connectivity index (χ1v) is 7.14. The van der Waals surface area contributed by atoms with Crippen molar-refractivity contribution in [1.29, 1.82) is 0 Å². The van der Waals surface area contributed by atoms with Gasteiger partial charge < -0.3 is 5.32 Å². The van der Waals surface area contributed by atoms with Crippen LogP contribution in [0.2, 0.25) is 0 Å². The Kier molecular flexibility index (Phi) is 3.23. The van der Waals surface area contributed by atoms with Gasteiger partial charge in [-0.05, 0) is 24.5 Å². The van der Waals surface area contributed by atoms with Crippen LogP contribution in [0, 0.1) is 0 Å². The molecule has 0 bridgehead atoms. The molecule has 1 aliphatic heterocycles. The fourth-order valence-corrected chi connectivity index (χ4v) is 2.63. The summed E-state index contributed by atoms with van der Waals surface area (Å²) in [7, 11) is 0. The van der Waals surface area contributed by atoms with Crippen LogP contribution in [0.3, 0.4) is 0 Å². The molecule has 1 aliphatic rings. The molecular formula is C15H20N4. The SMILES string of the molecule is CCc1nc(CC)n(-c2cccc3c2NCCC3)n1. The Bertz CT molecular complexity index is 586. The number of nitrogens with zero attached hydrogens (tertiary/aromatic N) is 3. The van der Waals surface area contributed by atoms with Crippen molar-refractivity contribution >= 4 is 5.69 Å². The quantitative estimate of drug-likeness (QED) is 0.918. The molecule has 0 amide bonds. The van der Waals surface area contributed by atoms with Crippen LogP contribution >= 0.6 is 0 Å². The first kappa shape index (κ1) is 12.2. The maximum Gasteiger partial charge on any atom is 0.151 e. The van der Waals surface area contributed by atoms with Crippen molar-refractivity contribution in [1.82, 2.24) is 14.8 Å². The molecule has 0 radical (unpaired) electrons. The Hall–Kier alpha value is -1.84. The Morgan fingerprint density at radius 3 is 2.95 bits per heavy atom. The van der Waals surface area contributed by atoms with Gasteiger partial charge in [-0.15, -0.1) is 0 Å². The molecule has 3 rings (SSSR count). The molecule has 2 aromatic rings. The van der Waals surface area contributed by atoms with Crippen LogP contribution in [-0.4, -0.2) is 21.3 Å². The second kappa shape index (κ2) is 5.03. The summed E-state index contributed by atoms with van der Waals surface area (Å²) in [5, 5.41) is 8.16. The minimum Gasteiger partial charge on any atom is -0.383 e. The number of hydrogen-bond acceptors (Lipinski definition) is 3. The fraction of sp³-hybridized carbons (Fsp3) is 0.467. The summed E-state index contributed by atoms with van der Waals surface area (Å²) < 4.78 is 2.01. The van der Waals surface area contributed by atoms with Crippen LogP contribution in [0.25, 0.3) is 5.69 Å². The molecule has 19 heavy (non-hydrogen) atoms. The molecule has 0 saturated heterocycles. The van der Waals surface area contributed by atoms with Crippen molar-refractivity contribution in [3.8, 4) is 5.69 Å². The van der Waals surface area contributed by atoms with Crippen molar-refractivity contribution in [2.45, 2.75) is 39.5 Å². The van der Waals surface area contributed by atoms with Gasteiger partial charge in [0.1, 0.15) is 5.82 Å². The van der Waals surface area contributed by atoms with E-state index in [0.717, 1.165) is 43.1 Å². The van der Waals surface area contributed by atoms with Gasteiger partial charge in [0.15, 0.2) is 5.82 Å². The van der Waals surface area contributed by atoms with Crippen LogP contribution in [0.4, 0.5) is 5.69 Å². The third-order valence-electron chi connectivity index (χ3n) is 3.63. The van der Waals surface area contributed by atoms with E-state index in [0.29, 0.717) is 0 Å². The number of fused-ring (bicyclic) bond motifs is 1. The second-order valence-corrected chi connectivity index (χ2v) is 4.90. The predicted octanol–water partition coefficient (Wildman–Crippen LogP) is 2.75. The zero-order valence-corrected chi connectivity index (χ0v) is 11.6. The summed E-state index contributed by atoms with van der Waals surface area (Å²) in [6, 6.07) is 6.45. The van der Waals surface area contributed by atoms with Crippen molar-refractivity contribution in [3.05, 3.63) is 35.4 Å². The molecule has 0 atom stereocenters. The van der Waals surface area contributed by atoms with Gasteiger partial charge in [-0.3, -0.25) is 0 Å². The minimum atomic E-state index is 0.877. The van der Waals surface area contributed by atoms with Crippen molar-refractivity contribution < 1.29 is 0 Å². The predicted molar refractivity (Wildman–Crippen MR) is 76.9 cm³/mol. The number of aromatic nitrogens is 3. The number of rotatable bonds is 3. The molecule has 2 heterocycles. The van der Waals surface area contributed by atoms with E-state index in [1.54, 1.807) is 0 Å². The van der Waals surface area contributed by atoms with Crippen LogP contribution in [0.15, 0.2) is 18.2 Å². The minimum absolute atomic E-state index is 0.877. The standard InChI is InChI=1S/C15H20N4/c1-3-13-17-14(4-2)19(18-13)12-9-5-7-11-8-6-10-16-15(11)12/h5,7,9,16H,3-4,6,8,10H2,1-2H3. The zero-order chi connectivity index (χ0) is 13.2. The van der Waals surface area contributed by atoms with E-state index in [1.807, 2.05) is 4.68 Å². The first-order chi connectivity index (χ1) is 9.33. The summed E-state index contributed by atoms with van der Waals surface area (Å²) in [6.07, 6.45) is 4.13. The highest BCUT2D eigenvalue weighted by Crippen LogP contribution is 2.29. The van der Waals surface area contributed by atoms with Crippen molar-refractivity contribution in [2.24, 2.45) is 0 Å². The topological polar surface area (TPSA) is 42.7 Å². The lowest BCUT2D eigenvalue weighted by Gasteiger charge is -2.21. The van der Waals surface area contributed by atoms with E-state index in [-0.39, 0.29) is 0 Å². The molecule has 1 aromatic heterocycles. The molecular weight excluding hydrogens is 236 g/mol. The maximum absolute atomic E-state index is 4.64. The smallest absolute Gasteiger partial charge is 0.151 e. The molecule has 0 saturated carbocycles. The first-order valence-electron chi connectivity index (χ1n) is 7.14. The summed E-state index contributed by atoms with van der Waals surface area (Å²) >= 11 is 0. The normalized spacial score (nSPS) is 14.0. The summed E-state index contributed by atoms with van der Waals surface area (Å²) in [6.45, 7) is 5.27. The molecule has 0 aliphatic carbocycles. The van der Waals surface area contributed by atoms with Crippen LogP contribution < -0.4 is 5.32 Å². The number of anilines is 1. The van der Waals surface area contributed by atoms with Crippen LogP contribution in [-0.2, 0) is 19.3 Å². The number of hydrogen-bond donors (Lipinski definition) is 1. The van der Waals surface area contributed by atoms with E-state index >= 15 is 0 Å². The largest absolute Gasteiger partial charge is 0.383 e. The van der Waals surface area contributed by atoms with Gasteiger partial charge in [0.25, 0.3) is 0 Å². The maximum atomic E-state index is 4.64. The van der Waals surface area contributed by atoms with Crippen LogP contribution in [0.1, 0.15) is 37.5 Å². The molecule has 1 aromatic carbocycles.